The average molecular weight is 300 g/mol. The van der Waals surface area contributed by atoms with Crippen molar-refractivity contribution in [3.05, 3.63) is 11.6 Å². The van der Waals surface area contributed by atoms with E-state index in [4.69, 9.17) is 0 Å². The van der Waals surface area contributed by atoms with Crippen LogP contribution in [-0.4, -0.2) is 17.3 Å². The van der Waals surface area contributed by atoms with E-state index >= 15 is 0 Å². The molecule has 3 saturated carbocycles. The molecule has 0 heterocycles. The van der Waals surface area contributed by atoms with Gasteiger partial charge in [0.05, 0.1) is 0 Å². The third kappa shape index (κ3) is 1.65. The van der Waals surface area contributed by atoms with E-state index in [1.54, 1.807) is 0 Å². The number of carbonyl (C=O) groups excluding carboxylic acids is 3. The molecular weight excluding hydrogens is 276 g/mol. The zero-order valence-corrected chi connectivity index (χ0v) is 13.5. The monoisotopic (exact) mass is 300 g/mol. The van der Waals surface area contributed by atoms with Gasteiger partial charge in [-0.3, -0.25) is 14.4 Å². The maximum absolute atomic E-state index is 12.8. The highest BCUT2D eigenvalue weighted by Gasteiger charge is 2.61. The lowest BCUT2D eigenvalue weighted by molar-refractivity contribution is -0.151. The Kier molecular flexibility index (Phi) is 2.87. The molecule has 3 heteroatoms. The summed E-state index contributed by atoms with van der Waals surface area (Å²) in [5.74, 6) is -0.00109. The standard InChI is InChI=1S/C19H24O3/c1-18-7-3-4-12(18)15-13(6-8-18)19(2)9-5-11(20)10-14(19)16(21)17(15)22/h10,12-13,15H,3-9H2,1-2H3/t12-,13+,15-,18-,19+/m0/s1. The van der Waals surface area contributed by atoms with Crippen molar-refractivity contribution < 1.29 is 14.4 Å². The molecule has 0 unspecified atom stereocenters. The molecule has 0 aliphatic heterocycles. The summed E-state index contributed by atoms with van der Waals surface area (Å²) >= 11 is 0. The van der Waals surface area contributed by atoms with Gasteiger partial charge in [-0.25, -0.2) is 0 Å². The zero-order valence-electron chi connectivity index (χ0n) is 13.5. The fourth-order valence-electron chi connectivity index (χ4n) is 6.12. The Balaban J connectivity index is 1.82. The summed E-state index contributed by atoms with van der Waals surface area (Å²) in [5.41, 5.74) is 0.517. The normalized spacial score (nSPS) is 47.6. The molecule has 4 rings (SSSR count). The van der Waals surface area contributed by atoms with Crippen LogP contribution in [0.1, 0.15) is 58.8 Å². The topological polar surface area (TPSA) is 51.2 Å². The van der Waals surface area contributed by atoms with Gasteiger partial charge in [0, 0.05) is 23.3 Å². The number of Topliss-reactive ketones (excluding diaryl/α,β-unsaturated/α-hetero) is 2. The summed E-state index contributed by atoms with van der Waals surface area (Å²) in [7, 11) is 0. The average Bonchev–Trinajstić information content (AvgIpc) is 2.88. The predicted octanol–water partition coefficient (Wildman–Crippen LogP) is 3.27. The van der Waals surface area contributed by atoms with Crippen molar-refractivity contribution in [1.29, 1.82) is 0 Å². The first-order chi connectivity index (χ1) is 10.4. The number of allylic oxidation sites excluding steroid dienone is 1. The first-order valence-corrected chi connectivity index (χ1v) is 8.70. The smallest absolute Gasteiger partial charge is 0.225 e. The second-order valence-electron chi connectivity index (χ2n) is 8.46. The molecule has 0 aromatic heterocycles. The first-order valence-electron chi connectivity index (χ1n) is 8.70. The van der Waals surface area contributed by atoms with E-state index in [0.717, 1.165) is 25.7 Å². The molecule has 5 atom stereocenters. The molecule has 0 aromatic rings. The summed E-state index contributed by atoms with van der Waals surface area (Å²) in [5, 5.41) is 0. The summed E-state index contributed by atoms with van der Waals surface area (Å²) in [6, 6.07) is 0. The van der Waals surface area contributed by atoms with Crippen LogP contribution < -0.4 is 0 Å². The molecule has 22 heavy (non-hydrogen) atoms. The number of hydrogen-bond donors (Lipinski definition) is 0. The Morgan fingerprint density at radius 1 is 1.00 bits per heavy atom. The number of carbonyl (C=O) groups is 3. The molecule has 0 N–H and O–H groups in total. The van der Waals surface area contributed by atoms with Crippen molar-refractivity contribution in [2.75, 3.05) is 0 Å². The molecule has 3 fully saturated rings. The van der Waals surface area contributed by atoms with E-state index in [9.17, 15) is 14.4 Å². The SMILES string of the molecule is C[C@@]12CCC[C@H]1[C@@H]1C(=O)C(=O)C3=CC(=O)CC[C@]3(C)[C@@H]1CC2. The van der Waals surface area contributed by atoms with Gasteiger partial charge in [0.25, 0.3) is 0 Å². The highest BCUT2D eigenvalue weighted by Crippen LogP contribution is 2.63. The summed E-state index contributed by atoms with van der Waals surface area (Å²) in [6.07, 6.45) is 8.40. The van der Waals surface area contributed by atoms with Crippen molar-refractivity contribution in [2.45, 2.75) is 58.8 Å². The minimum absolute atomic E-state index is 0.00795. The number of ketones is 3. The van der Waals surface area contributed by atoms with E-state index in [2.05, 4.69) is 13.8 Å². The number of rotatable bonds is 0. The van der Waals surface area contributed by atoms with Gasteiger partial charge >= 0.3 is 0 Å². The molecule has 3 nitrogen and oxygen atoms in total. The Morgan fingerprint density at radius 2 is 1.77 bits per heavy atom. The van der Waals surface area contributed by atoms with Gasteiger partial charge in [-0.2, -0.15) is 0 Å². The number of hydrogen-bond acceptors (Lipinski definition) is 3. The summed E-state index contributed by atoms with van der Waals surface area (Å²) in [4.78, 5) is 37.3. The highest BCUT2D eigenvalue weighted by atomic mass is 16.2. The molecule has 0 amide bonds. The molecule has 4 aliphatic rings. The van der Waals surface area contributed by atoms with Gasteiger partial charge in [-0.1, -0.05) is 20.3 Å². The van der Waals surface area contributed by atoms with Gasteiger partial charge < -0.3 is 0 Å². The molecule has 0 radical (unpaired) electrons. The van der Waals surface area contributed by atoms with Crippen molar-refractivity contribution in [3.8, 4) is 0 Å². The lowest BCUT2D eigenvalue weighted by atomic mass is 9.47. The second-order valence-corrected chi connectivity index (χ2v) is 8.46. The molecule has 0 aromatic carbocycles. The Labute approximate surface area is 131 Å². The largest absolute Gasteiger partial charge is 0.295 e. The molecular formula is C19H24O3. The Morgan fingerprint density at radius 3 is 2.55 bits per heavy atom. The Hall–Kier alpha value is -1.25. The third-order valence-electron chi connectivity index (χ3n) is 7.45. The fraction of sp³-hybridized carbons (Fsp3) is 0.737. The minimum atomic E-state index is -0.354. The maximum Gasteiger partial charge on any atom is 0.225 e. The minimum Gasteiger partial charge on any atom is -0.295 e. The zero-order chi connectivity index (χ0) is 15.7. The van der Waals surface area contributed by atoms with Gasteiger partial charge in [-0.05, 0) is 55.4 Å². The highest BCUT2D eigenvalue weighted by molar-refractivity contribution is 6.46. The Bertz CT molecular complexity index is 616. The molecule has 0 saturated heterocycles. The van der Waals surface area contributed by atoms with Crippen LogP contribution in [0.2, 0.25) is 0 Å². The second kappa shape index (κ2) is 4.39. The third-order valence-corrected chi connectivity index (χ3v) is 7.45. The summed E-state index contributed by atoms with van der Waals surface area (Å²) in [6.45, 7) is 4.45. The van der Waals surface area contributed by atoms with E-state index in [0.29, 0.717) is 17.9 Å². The van der Waals surface area contributed by atoms with Crippen molar-refractivity contribution in [1.82, 2.24) is 0 Å². The van der Waals surface area contributed by atoms with Crippen LogP contribution in [0.4, 0.5) is 0 Å². The number of fused-ring (bicyclic) bond motifs is 5. The fourth-order valence-corrected chi connectivity index (χ4v) is 6.12. The first kappa shape index (κ1) is 14.3. The van der Waals surface area contributed by atoms with Crippen molar-refractivity contribution in [3.63, 3.8) is 0 Å². The van der Waals surface area contributed by atoms with Crippen LogP contribution in [0, 0.1) is 28.6 Å². The van der Waals surface area contributed by atoms with E-state index in [1.807, 2.05) is 0 Å². The van der Waals surface area contributed by atoms with Gasteiger partial charge in [-0.15, -0.1) is 0 Å². The lowest BCUT2D eigenvalue weighted by Gasteiger charge is -2.55. The van der Waals surface area contributed by atoms with Gasteiger partial charge in [0.15, 0.2) is 5.78 Å². The molecule has 118 valence electrons. The lowest BCUT2D eigenvalue weighted by Crippen LogP contribution is -2.56. The quantitative estimate of drug-likeness (QED) is 0.645. The van der Waals surface area contributed by atoms with E-state index < -0.39 is 0 Å². The van der Waals surface area contributed by atoms with Crippen molar-refractivity contribution in [2.24, 2.45) is 28.6 Å². The van der Waals surface area contributed by atoms with E-state index in [-0.39, 0.29) is 40.0 Å². The molecule has 4 aliphatic carbocycles. The van der Waals surface area contributed by atoms with Crippen LogP contribution in [0.15, 0.2) is 11.6 Å². The van der Waals surface area contributed by atoms with Crippen LogP contribution >= 0.6 is 0 Å². The van der Waals surface area contributed by atoms with Crippen LogP contribution in [-0.2, 0) is 14.4 Å². The maximum atomic E-state index is 12.8. The molecule has 0 spiro atoms. The van der Waals surface area contributed by atoms with Crippen LogP contribution in [0.5, 0.6) is 0 Å². The van der Waals surface area contributed by atoms with Gasteiger partial charge in [0.2, 0.25) is 11.6 Å². The van der Waals surface area contributed by atoms with E-state index in [1.165, 1.54) is 18.9 Å². The van der Waals surface area contributed by atoms with Crippen LogP contribution in [0.25, 0.3) is 0 Å². The predicted molar refractivity (Wildman–Crippen MR) is 82.1 cm³/mol. The molecule has 0 bridgehead atoms. The van der Waals surface area contributed by atoms with Crippen molar-refractivity contribution >= 4 is 17.3 Å². The van der Waals surface area contributed by atoms with Crippen LogP contribution in [0.3, 0.4) is 0 Å². The summed E-state index contributed by atoms with van der Waals surface area (Å²) < 4.78 is 0. The van der Waals surface area contributed by atoms with Gasteiger partial charge in [0.1, 0.15) is 0 Å².